The fraction of sp³-hybridized carbons (Fsp3) is 0.640. The second-order valence-electron chi connectivity index (χ2n) is 9.44. The van der Waals surface area contributed by atoms with E-state index in [1.165, 1.54) is 11.8 Å². The molecule has 1 saturated heterocycles. The first-order chi connectivity index (χ1) is 15.9. The topological polar surface area (TPSA) is 79.8 Å². The summed E-state index contributed by atoms with van der Waals surface area (Å²) in [4.78, 5) is 9.29. The zero-order valence-electron chi connectivity index (χ0n) is 20.1. The van der Waals surface area contributed by atoms with Gasteiger partial charge in [0.15, 0.2) is 0 Å². The Balaban J connectivity index is 1.35. The lowest BCUT2D eigenvalue weighted by Gasteiger charge is -2.38. The van der Waals surface area contributed by atoms with Crippen LogP contribution in [0.5, 0.6) is 0 Å². The summed E-state index contributed by atoms with van der Waals surface area (Å²) < 4.78 is 21.4. The highest BCUT2D eigenvalue weighted by Crippen LogP contribution is 2.31. The van der Waals surface area contributed by atoms with Crippen LogP contribution < -0.4 is 5.73 Å². The van der Waals surface area contributed by atoms with Crippen LogP contribution >= 0.6 is 0 Å². The summed E-state index contributed by atoms with van der Waals surface area (Å²) in [6.45, 7) is 10.1. The van der Waals surface area contributed by atoms with Crippen LogP contribution in [0.25, 0.3) is 0 Å². The molecule has 1 aromatic heterocycles. The Labute approximate surface area is 196 Å². The highest BCUT2D eigenvalue weighted by Gasteiger charge is 2.31. The number of hydrogen-bond donors (Lipinski definition) is 2. The number of benzene rings is 1. The van der Waals surface area contributed by atoms with Crippen molar-refractivity contribution < 1.29 is 14.2 Å². The molecule has 2 aliphatic heterocycles. The van der Waals surface area contributed by atoms with Gasteiger partial charge in [-0.05, 0) is 57.7 Å². The zero-order valence-corrected chi connectivity index (χ0v) is 20.1. The minimum atomic E-state index is -0.864. The molecule has 33 heavy (non-hydrogen) atoms. The summed E-state index contributed by atoms with van der Waals surface area (Å²) in [6, 6.07) is 7.27. The van der Waals surface area contributed by atoms with Crippen LogP contribution in [0.15, 0.2) is 24.3 Å². The van der Waals surface area contributed by atoms with E-state index >= 15 is 0 Å². The molecular formula is C25H38FN5O2. The molecule has 2 unspecified atom stereocenters. The molecule has 182 valence electrons. The number of aryl methyl sites for hydroxylation is 1. The highest BCUT2D eigenvalue weighted by molar-refractivity contribution is 5.22. The predicted octanol–water partition coefficient (Wildman–Crippen LogP) is 3.12. The molecule has 0 bridgehead atoms. The Kier molecular flexibility index (Phi) is 7.81. The highest BCUT2D eigenvalue weighted by atomic mass is 19.1. The number of nitrogens with zero attached hydrogens (tertiary/aromatic N) is 4. The lowest BCUT2D eigenvalue weighted by atomic mass is 9.97. The number of piperidine rings is 1. The van der Waals surface area contributed by atoms with Gasteiger partial charge in [0.2, 0.25) is 6.41 Å². The van der Waals surface area contributed by atoms with Gasteiger partial charge in [-0.15, -0.1) is 0 Å². The smallest absolute Gasteiger partial charge is 0.216 e. The minimum absolute atomic E-state index is 0.161. The maximum atomic E-state index is 13.6. The Bertz CT molecular complexity index is 928. The Morgan fingerprint density at radius 1 is 1.24 bits per heavy atom. The van der Waals surface area contributed by atoms with Crippen LogP contribution in [0.2, 0.25) is 0 Å². The standard InChI is InChI=1S/C25H38FN5O2/c1-4-33-25(32)30-13-10-24-23(16-30)28-18(3)31(24)21-8-11-29(12-9-21)17(2)14-22(27)19-6-5-7-20(26)15-19/h5-7,15,17,21-22,25,32H,4,8-14,16,27H2,1-3H3/t17?,22-,25?/m0/s1. The average Bonchev–Trinajstić information content (AvgIpc) is 3.14. The van der Waals surface area contributed by atoms with Crippen molar-refractivity contribution in [3.63, 3.8) is 0 Å². The first-order valence-corrected chi connectivity index (χ1v) is 12.2. The summed E-state index contributed by atoms with van der Waals surface area (Å²) in [7, 11) is 0. The monoisotopic (exact) mass is 459 g/mol. The van der Waals surface area contributed by atoms with Gasteiger partial charge in [0.25, 0.3) is 0 Å². The van der Waals surface area contributed by atoms with E-state index < -0.39 is 6.41 Å². The lowest BCUT2D eigenvalue weighted by Crippen LogP contribution is -2.43. The number of likely N-dealkylation sites (tertiary alicyclic amines) is 1. The molecule has 7 nitrogen and oxygen atoms in total. The van der Waals surface area contributed by atoms with Gasteiger partial charge in [0.05, 0.1) is 5.69 Å². The first kappa shape index (κ1) is 24.3. The molecule has 2 aromatic rings. The molecule has 0 aliphatic carbocycles. The van der Waals surface area contributed by atoms with Gasteiger partial charge in [-0.1, -0.05) is 12.1 Å². The van der Waals surface area contributed by atoms with Gasteiger partial charge in [0.1, 0.15) is 11.6 Å². The van der Waals surface area contributed by atoms with Crippen molar-refractivity contribution in [2.24, 2.45) is 5.73 Å². The number of ether oxygens (including phenoxy) is 1. The van der Waals surface area contributed by atoms with Crippen molar-refractivity contribution in [1.29, 1.82) is 0 Å². The Morgan fingerprint density at radius 2 is 2.00 bits per heavy atom. The van der Waals surface area contributed by atoms with Crippen molar-refractivity contribution in [2.75, 3.05) is 26.2 Å². The fourth-order valence-corrected chi connectivity index (χ4v) is 5.46. The third-order valence-corrected chi connectivity index (χ3v) is 7.25. The number of rotatable bonds is 8. The van der Waals surface area contributed by atoms with Gasteiger partial charge in [0, 0.05) is 63.0 Å². The van der Waals surface area contributed by atoms with Crippen LogP contribution in [-0.4, -0.2) is 63.2 Å². The molecule has 2 aliphatic rings. The second-order valence-corrected chi connectivity index (χ2v) is 9.44. The van der Waals surface area contributed by atoms with Crippen LogP contribution in [0, 0.1) is 12.7 Å². The number of nitrogens with two attached hydrogens (primary N) is 1. The number of aliphatic hydroxyl groups excluding tert-OH is 1. The van der Waals surface area contributed by atoms with Gasteiger partial charge < -0.3 is 25.0 Å². The summed E-state index contributed by atoms with van der Waals surface area (Å²) in [5, 5.41) is 10.2. The van der Waals surface area contributed by atoms with Gasteiger partial charge >= 0.3 is 0 Å². The predicted molar refractivity (Wildman–Crippen MR) is 126 cm³/mol. The summed E-state index contributed by atoms with van der Waals surface area (Å²) in [6.07, 6.45) is 2.98. The van der Waals surface area contributed by atoms with Crippen LogP contribution in [0.1, 0.15) is 68.0 Å². The van der Waals surface area contributed by atoms with Crippen LogP contribution in [0.4, 0.5) is 4.39 Å². The second kappa shape index (κ2) is 10.6. The van der Waals surface area contributed by atoms with Crippen molar-refractivity contribution in [3.8, 4) is 0 Å². The Hall–Kier alpha value is -1.84. The van der Waals surface area contributed by atoms with E-state index in [1.807, 2.05) is 17.9 Å². The largest absolute Gasteiger partial charge is 0.356 e. The average molecular weight is 460 g/mol. The molecule has 3 atom stereocenters. The number of fused-ring (bicyclic) bond motifs is 1. The van der Waals surface area contributed by atoms with Gasteiger partial charge in [-0.3, -0.25) is 0 Å². The van der Waals surface area contributed by atoms with E-state index in [1.54, 1.807) is 12.1 Å². The summed E-state index contributed by atoms with van der Waals surface area (Å²) in [5.74, 6) is 0.832. The SMILES string of the molecule is CCOC(O)N1CCc2c(nc(C)n2C2CCN(C(C)C[C@H](N)c3cccc(F)c3)CC2)C1. The summed E-state index contributed by atoms with van der Waals surface area (Å²) in [5.41, 5.74) is 9.63. The van der Waals surface area contributed by atoms with E-state index in [4.69, 9.17) is 15.5 Å². The Morgan fingerprint density at radius 3 is 2.70 bits per heavy atom. The van der Waals surface area contributed by atoms with E-state index in [-0.39, 0.29) is 11.9 Å². The molecule has 1 aromatic carbocycles. The normalized spacial score (nSPS) is 21.0. The molecular weight excluding hydrogens is 421 g/mol. The van der Waals surface area contributed by atoms with Crippen molar-refractivity contribution in [2.45, 2.75) is 77.5 Å². The number of hydrogen-bond acceptors (Lipinski definition) is 6. The molecule has 3 N–H and O–H groups in total. The van der Waals surface area contributed by atoms with E-state index in [0.717, 1.165) is 62.4 Å². The van der Waals surface area contributed by atoms with Crippen LogP contribution in [0.3, 0.4) is 0 Å². The van der Waals surface area contributed by atoms with E-state index in [9.17, 15) is 9.50 Å². The van der Waals surface area contributed by atoms with Crippen LogP contribution in [-0.2, 0) is 17.7 Å². The first-order valence-electron chi connectivity index (χ1n) is 12.2. The zero-order chi connectivity index (χ0) is 23.5. The summed E-state index contributed by atoms with van der Waals surface area (Å²) >= 11 is 0. The number of halogens is 1. The third-order valence-electron chi connectivity index (χ3n) is 7.25. The maximum absolute atomic E-state index is 13.6. The molecule has 3 heterocycles. The number of aliphatic hydroxyl groups is 1. The third kappa shape index (κ3) is 5.46. The van der Waals surface area contributed by atoms with Gasteiger partial charge in [-0.2, -0.15) is 0 Å². The molecule has 0 radical (unpaired) electrons. The molecule has 8 heteroatoms. The molecule has 4 rings (SSSR count). The number of aromatic nitrogens is 2. The minimum Gasteiger partial charge on any atom is -0.356 e. The molecule has 0 saturated carbocycles. The van der Waals surface area contributed by atoms with E-state index in [0.29, 0.717) is 25.2 Å². The number of imidazole rings is 1. The van der Waals surface area contributed by atoms with Crippen molar-refractivity contribution in [3.05, 3.63) is 52.9 Å². The van der Waals surface area contributed by atoms with E-state index in [2.05, 4.69) is 23.3 Å². The fourth-order valence-electron chi connectivity index (χ4n) is 5.46. The van der Waals surface area contributed by atoms with Crippen molar-refractivity contribution >= 4 is 0 Å². The lowest BCUT2D eigenvalue weighted by molar-refractivity contribution is -0.195. The quantitative estimate of drug-likeness (QED) is 0.591. The molecule has 0 spiro atoms. The van der Waals surface area contributed by atoms with Gasteiger partial charge in [-0.25, -0.2) is 14.3 Å². The maximum Gasteiger partial charge on any atom is 0.216 e. The molecule has 0 amide bonds. The van der Waals surface area contributed by atoms with Crippen molar-refractivity contribution in [1.82, 2.24) is 19.4 Å². The molecule has 1 fully saturated rings.